The Morgan fingerprint density at radius 3 is 3.08 bits per heavy atom. The first kappa shape index (κ1) is 9.70. The van der Waals surface area contributed by atoms with Gasteiger partial charge in [-0.05, 0) is 13.3 Å². The predicted octanol–water partition coefficient (Wildman–Crippen LogP) is 1.27. The molecular weight excluding hydrogens is 192 g/mol. The summed E-state index contributed by atoms with van der Waals surface area (Å²) in [5.41, 5.74) is 0. The molecule has 1 N–H and O–H groups in total. The Labute approximate surface area is 79.6 Å². The Balaban J connectivity index is 2.68. The molecule has 0 aliphatic rings. The molecular formula is C7H10N2OS2. The molecule has 0 bridgehead atoms. The van der Waals surface area contributed by atoms with Crippen LogP contribution in [0.1, 0.15) is 9.67 Å². The fourth-order valence-electron chi connectivity index (χ4n) is 0.729. The number of thiazole rings is 1. The van der Waals surface area contributed by atoms with E-state index in [9.17, 15) is 4.79 Å². The molecule has 0 spiro atoms. The summed E-state index contributed by atoms with van der Waals surface area (Å²) in [6, 6.07) is 0. The van der Waals surface area contributed by atoms with Gasteiger partial charge >= 0.3 is 0 Å². The summed E-state index contributed by atoms with van der Waals surface area (Å²) in [6.07, 6.45) is 3.58. The van der Waals surface area contributed by atoms with Crippen LogP contribution in [0, 0.1) is 0 Å². The summed E-state index contributed by atoms with van der Waals surface area (Å²) in [5, 5.41) is 2.82. The normalized spacial score (nSPS) is 10.2. The van der Waals surface area contributed by atoms with E-state index in [2.05, 4.69) is 10.3 Å². The van der Waals surface area contributed by atoms with Gasteiger partial charge in [0.05, 0.1) is 17.6 Å². The van der Waals surface area contributed by atoms with Crippen LogP contribution in [0.2, 0.25) is 0 Å². The largest absolute Gasteiger partial charge is 0.313 e. The summed E-state index contributed by atoms with van der Waals surface area (Å²) in [5.74, 6) is 0.107. The molecule has 1 heterocycles. The van der Waals surface area contributed by atoms with Crippen molar-refractivity contribution in [3.63, 3.8) is 0 Å². The van der Waals surface area contributed by atoms with E-state index in [1.165, 1.54) is 11.3 Å². The van der Waals surface area contributed by atoms with Crippen molar-refractivity contribution in [1.29, 1.82) is 0 Å². The number of ketones is 1. The maximum Gasteiger partial charge on any atom is 0.188 e. The number of carbonyl (C=O) groups is 1. The van der Waals surface area contributed by atoms with Crippen LogP contribution in [0.4, 0.5) is 0 Å². The molecule has 0 aliphatic heterocycles. The maximum atomic E-state index is 11.3. The SMILES string of the molecule is CNCC(=O)c1cnc(SC)s1. The number of nitrogens with one attached hydrogen (secondary N) is 1. The summed E-state index contributed by atoms with van der Waals surface area (Å²) in [7, 11) is 1.76. The van der Waals surface area contributed by atoms with Gasteiger partial charge in [-0.3, -0.25) is 4.79 Å². The zero-order valence-corrected chi connectivity index (χ0v) is 8.59. The lowest BCUT2D eigenvalue weighted by molar-refractivity contribution is 0.0997. The van der Waals surface area contributed by atoms with Gasteiger partial charge in [0.1, 0.15) is 4.34 Å². The first-order valence-corrected chi connectivity index (χ1v) is 5.49. The number of nitrogens with zero attached hydrogens (tertiary/aromatic N) is 1. The van der Waals surface area contributed by atoms with Crippen LogP contribution in [-0.2, 0) is 0 Å². The third-order valence-corrected chi connectivity index (χ3v) is 3.31. The fourth-order valence-corrected chi connectivity index (χ4v) is 2.07. The second-order valence-corrected chi connectivity index (χ2v) is 4.23. The van der Waals surface area contributed by atoms with Crippen molar-refractivity contribution in [3.05, 3.63) is 11.1 Å². The lowest BCUT2D eigenvalue weighted by Gasteiger charge is -1.92. The number of hydrogen-bond acceptors (Lipinski definition) is 5. The fraction of sp³-hybridized carbons (Fsp3) is 0.429. The van der Waals surface area contributed by atoms with Crippen LogP contribution in [0.3, 0.4) is 0 Å². The highest BCUT2D eigenvalue weighted by atomic mass is 32.2. The van der Waals surface area contributed by atoms with Gasteiger partial charge in [0.15, 0.2) is 5.78 Å². The molecule has 5 heteroatoms. The van der Waals surface area contributed by atoms with Crippen molar-refractivity contribution < 1.29 is 4.79 Å². The highest BCUT2D eigenvalue weighted by Gasteiger charge is 2.08. The number of rotatable bonds is 4. The average molecular weight is 202 g/mol. The van der Waals surface area contributed by atoms with Crippen LogP contribution in [0.5, 0.6) is 0 Å². The van der Waals surface area contributed by atoms with Gasteiger partial charge in [-0.2, -0.15) is 0 Å². The first-order chi connectivity index (χ1) is 5.77. The van der Waals surface area contributed by atoms with Gasteiger partial charge < -0.3 is 5.32 Å². The molecule has 0 amide bonds. The third kappa shape index (κ3) is 2.30. The first-order valence-electron chi connectivity index (χ1n) is 3.45. The average Bonchev–Trinajstić information content (AvgIpc) is 2.52. The number of likely N-dealkylation sites (N-methyl/N-ethyl adjacent to an activating group) is 1. The Kier molecular flexibility index (Phi) is 3.71. The molecule has 0 saturated carbocycles. The lowest BCUT2D eigenvalue weighted by Crippen LogP contribution is -2.17. The number of Topliss-reactive ketones (excluding diaryl/α,β-unsaturated/α-hetero) is 1. The highest BCUT2D eigenvalue weighted by molar-refractivity contribution is 8.00. The Morgan fingerprint density at radius 1 is 1.83 bits per heavy atom. The second-order valence-electron chi connectivity index (χ2n) is 2.15. The molecule has 1 aromatic rings. The standard InChI is InChI=1S/C7H10N2OS2/c1-8-3-5(10)6-4-9-7(11-2)12-6/h4,8H,3H2,1-2H3. The van der Waals surface area contributed by atoms with E-state index in [4.69, 9.17) is 0 Å². The van der Waals surface area contributed by atoms with Gasteiger partial charge in [-0.15, -0.1) is 11.3 Å². The molecule has 0 aromatic carbocycles. The molecule has 0 fully saturated rings. The minimum atomic E-state index is 0.107. The maximum absolute atomic E-state index is 11.3. The molecule has 0 aliphatic carbocycles. The lowest BCUT2D eigenvalue weighted by atomic mass is 10.3. The number of thioether (sulfide) groups is 1. The molecule has 3 nitrogen and oxygen atoms in total. The van der Waals surface area contributed by atoms with Crippen molar-refractivity contribution in [2.45, 2.75) is 4.34 Å². The summed E-state index contributed by atoms with van der Waals surface area (Å²) >= 11 is 3.00. The topological polar surface area (TPSA) is 42.0 Å². The number of hydrogen-bond donors (Lipinski definition) is 1. The van der Waals surface area contributed by atoms with Gasteiger partial charge in [0, 0.05) is 0 Å². The Hall–Kier alpha value is -0.390. The van der Waals surface area contributed by atoms with E-state index in [0.29, 0.717) is 6.54 Å². The quantitative estimate of drug-likeness (QED) is 0.589. The van der Waals surface area contributed by atoms with E-state index in [-0.39, 0.29) is 5.78 Å². The van der Waals surface area contributed by atoms with Gasteiger partial charge in [0.2, 0.25) is 0 Å². The molecule has 66 valence electrons. The van der Waals surface area contributed by atoms with Crippen LogP contribution in [-0.4, -0.2) is 30.6 Å². The van der Waals surface area contributed by atoms with Crippen LogP contribution < -0.4 is 5.32 Å². The van der Waals surface area contributed by atoms with Crippen molar-refractivity contribution in [3.8, 4) is 0 Å². The van der Waals surface area contributed by atoms with Crippen molar-refractivity contribution >= 4 is 28.9 Å². The molecule has 0 atom stereocenters. The number of aromatic nitrogens is 1. The molecule has 12 heavy (non-hydrogen) atoms. The van der Waals surface area contributed by atoms with E-state index >= 15 is 0 Å². The van der Waals surface area contributed by atoms with Crippen molar-refractivity contribution in [2.24, 2.45) is 0 Å². The minimum Gasteiger partial charge on any atom is -0.313 e. The molecule has 1 rings (SSSR count). The van der Waals surface area contributed by atoms with Crippen LogP contribution >= 0.6 is 23.1 Å². The molecule has 0 unspecified atom stereocenters. The van der Waals surface area contributed by atoms with Gasteiger partial charge in [-0.1, -0.05) is 11.8 Å². The zero-order valence-electron chi connectivity index (χ0n) is 6.96. The minimum absolute atomic E-state index is 0.107. The molecule has 0 radical (unpaired) electrons. The van der Waals surface area contributed by atoms with E-state index in [1.54, 1.807) is 25.0 Å². The summed E-state index contributed by atoms with van der Waals surface area (Å²) in [4.78, 5) is 16.1. The van der Waals surface area contributed by atoms with E-state index < -0.39 is 0 Å². The third-order valence-electron chi connectivity index (χ3n) is 1.27. The monoisotopic (exact) mass is 202 g/mol. The highest BCUT2D eigenvalue weighted by Crippen LogP contribution is 2.21. The number of carbonyl (C=O) groups excluding carboxylic acids is 1. The van der Waals surface area contributed by atoms with Crippen LogP contribution in [0.15, 0.2) is 10.5 Å². The molecule has 1 aromatic heterocycles. The van der Waals surface area contributed by atoms with Crippen LogP contribution in [0.25, 0.3) is 0 Å². The van der Waals surface area contributed by atoms with Crippen molar-refractivity contribution in [2.75, 3.05) is 19.8 Å². The Bertz CT molecular complexity index is 272. The summed E-state index contributed by atoms with van der Waals surface area (Å²) in [6.45, 7) is 0.385. The second kappa shape index (κ2) is 4.59. The zero-order chi connectivity index (χ0) is 8.97. The Morgan fingerprint density at radius 2 is 2.58 bits per heavy atom. The smallest absolute Gasteiger partial charge is 0.188 e. The van der Waals surface area contributed by atoms with Gasteiger partial charge in [-0.25, -0.2) is 4.98 Å². The van der Waals surface area contributed by atoms with E-state index in [0.717, 1.165) is 9.22 Å². The summed E-state index contributed by atoms with van der Waals surface area (Å²) < 4.78 is 0.939. The van der Waals surface area contributed by atoms with E-state index in [1.807, 2.05) is 6.26 Å². The predicted molar refractivity (Wildman–Crippen MR) is 52.2 cm³/mol. The molecule has 0 saturated heterocycles. The van der Waals surface area contributed by atoms with Crippen molar-refractivity contribution in [1.82, 2.24) is 10.3 Å². The van der Waals surface area contributed by atoms with Gasteiger partial charge in [0.25, 0.3) is 0 Å².